The van der Waals surface area contributed by atoms with Crippen molar-refractivity contribution in [3.63, 3.8) is 0 Å². The molecule has 0 aliphatic heterocycles. The minimum absolute atomic E-state index is 0.0309. The quantitative estimate of drug-likeness (QED) is 0.215. The van der Waals surface area contributed by atoms with Crippen LogP contribution in [0.25, 0.3) is 10.8 Å². The summed E-state index contributed by atoms with van der Waals surface area (Å²) in [5, 5.41) is 10.9. The summed E-state index contributed by atoms with van der Waals surface area (Å²) < 4.78 is 5.57. The van der Waals surface area contributed by atoms with Gasteiger partial charge >= 0.3 is 11.8 Å². The Balaban J connectivity index is 1.08. The van der Waals surface area contributed by atoms with Crippen LogP contribution in [-0.2, 0) is 21.7 Å². The van der Waals surface area contributed by atoms with E-state index in [-0.39, 0.29) is 12.5 Å². The van der Waals surface area contributed by atoms with E-state index in [1.54, 1.807) is 42.6 Å². The van der Waals surface area contributed by atoms with Crippen molar-refractivity contribution in [3.8, 4) is 17.6 Å². The van der Waals surface area contributed by atoms with E-state index in [9.17, 15) is 14.4 Å². The minimum Gasteiger partial charge on any atom is -0.491 e. The zero-order valence-corrected chi connectivity index (χ0v) is 23.9. The summed E-state index contributed by atoms with van der Waals surface area (Å²) in [5.74, 6) is 4.86. The van der Waals surface area contributed by atoms with Crippen LogP contribution in [0, 0.1) is 11.8 Å². The third-order valence-corrected chi connectivity index (χ3v) is 7.91. The van der Waals surface area contributed by atoms with Crippen molar-refractivity contribution in [2.24, 2.45) is 0 Å². The fourth-order valence-electron chi connectivity index (χ4n) is 5.15. The van der Waals surface area contributed by atoms with E-state index in [4.69, 9.17) is 4.74 Å². The summed E-state index contributed by atoms with van der Waals surface area (Å²) in [7, 11) is 0. The largest absolute Gasteiger partial charge is 0.491 e. The molecule has 2 saturated carbocycles. The molecule has 2 fully saturated rings. The molecule has 0 bridgehead atoms. The second-order valence-electron chi connectivity index (χ2n) is 11.0. The van der Waals surface area contributed by atoms with Crippen LogP contribution in [0.15, 0.2) is 85.1 Å². The second-order valence-corrected chi connectivity index (χ2v) is 11.0. The van der Waals surface area contributed by atoms with Crippen LogP contribution in [0.5, 0.6) is 5.75 Å². The lowest BCUT2D eigenvalue weighted by Gasteiger charge is -2.20. The summed E-state index contributed by atoms with van der Waals surface area (Å²) in [4.78, 5) is 43.2. The fraction of sp³-hybridized carbons (Fsp3) is 0.257. The highest BCUT2D eigenvalue weighted by atomic mass is 16.5. The van der Waals surface area contributed by atoms with Gasteiger partial charge in [0.1, 0.15) is 5.54 Å². The van der Waals surface area contributed by atoms with Crippen molar-refractivity contribution < 1.29 is 19.1 Å². The maximum absolute atomic E-state index is 13.5. The maximum Gasteiger partial charge on any atom is 0.310 e. The van der Waals surface area contributed by atoms with E-state index in [1.165, 1.54) is 0 Å². The molecule has 8 nitrogen and oxygen atoms in total. The van der Waals surface area contributed by atoms with E-state index < -0.39 is 22.9 Å². The number of carbonyl (C=O) groups is 3. The molecular weight excluding hydrogens is 540 g/mol. The van der Waals surface area contributed by atoms with Gasteiger partial charge in [-0.3, -0.25) is 14.4 Å². The van der Waals surface area contributed by atoms with Crippen molar-refractivity contribution in [2.45, 2.75) is 50.2 Å². The molecule has 1 heterocycles. The van der Waals surface area contributed by atoms with Crippen LogP contribution in [0.4, 0.5) is 0 Å². The van der Waals surface area contributed by atoms with Crippen molar-refractivity contribution in [1.29, 1.82) is 0 Å². The lowest BCUT2D eigenvalue weighted by molar-refractivity contribution is -0.139. The molecule has 0 saturated heterocycles. The molecule has 8 heteroatoms. The molecule has 0 atom stereocenters. The molecule has 4 aromatic rings. The molecule has 0 radical (unpaired) electrons. The molecule has 0 unspecified atom stereocenters. The van der Waals surface area contributed by atoms with Crippen LogP contribution in [0.2, 0.25) is 0 Å². The van der Waals surface area contributed by atoms with Gasteiger partial charge in [-0.2, -0.15) is 0 Å². The Morgan fingerprint density at radius 3 is 2.40 bits per heavy atom. The van der Waals surface area contributed by atoms with Crippen LogP contribution in [0.3, 0.4) is 0 Å². The lowest BCUT2D eigenvalue weighted by atomic mass is 9.99. The van der Waals surface area contributed by atoms with Crippen LogP contribution >= 0.6 is 0 Å². The number of nitrogens with zero attached hydrogens (tertiary/aromatic N) is 1. The highest BCUT2D eigenvalue weighted by Gasteiger charge is 2.46. The Hall–Kier alpha value is -5.16. The SMILES string of the molecule is CCOc1cccnc1C#CC1(NC(=O)C(=O)NCc2ccccc2C(=O)NC2(c3ccc4ccccc4c3)CC2)CC1. The first kappa shape index (κ1) is 28.0. The van der Waals surface area contributed by atoms with Crippen LogP contribution in [-0.4, -0.2) is 34.9 Å². The van der Waals surface area contributed by atoms with E-state index in [2.05, 4.69) is 63.1 Å². The van der Waals surface area contributed by atoms with Gasteiger partial charge in [0.15, 0.2) is 11.4 Å². The Labute approximate surface area is 250 Å². The Kier molecular flexibility index (Phi) is 7.56. The van der Waals surface area contributed by atoms with Crippen molar-refractivity contribution in [2.75, 3.05) is 6.61 Å². The number of aromatic nitrogens is 1. The van der Waals surface area contributed by atoms with Gasteiger partial charge in [-0.05, 0) is 84.7 Å². The highest BCUT2D eigenvalue weighted by molar-refractivity contribution is 6.35. The first-order chi connectivity index (χ1) is 20.9. The number of ether oxygens (including phenoxy) is 1. The molecule has 216 valence electrons. The maximum atomic E-state index is 13.5. The molecule has 2 aliphatic rings. The molecule has 3 aromatic carbocycles. The van der Waals surface area contributed by atoms with Gasteiger partial charge in [-0.15, -0.1) is 0 Å². The summed E-state index contributed by atoms with van der Waals surface area (Å²) in [6, 6.07) is 25.1. The topological polar surface area (TPSA) is 109 Å². The van der Waals surface area contributed by atoms with Gasteiger partial charge in [-0.25, -0.2) is 4.98 Å². The highest BCUT2D eigenvalue weighted by Crippen LogP contribution is 2.46. The van der Waals surface area contributed by atoms with Gasteiger partial charge < -0.3 is 20.7 Å². The Morgan fingerprint density at radius 1 is 0.860 bits per heavy atom. The third kappa shape index (κ3) is 6.21. The first-order valence-corrected chi connectivity index (χ1v) is 14.5. The van der Waals surface area contributed by atoms with E-state index >= 15 is 0 Å². The van der Waals surface area contributed by atoms with Crippen molar-refractivity contribution in [3.05, 3.63) is 107 Å². The summed E-state index contributed by atoms with van der Waals surface area (Å²) >= 11 is 0. The number of fused-ring (bicyclic) bond motifs is 1. The van der Waals surface area contributed by atoms with Gasteiger partial charge in [0.25, 0.3) is 5.91 Å². The average molecular weight is 573 g/mol. The molecule has 3 N–H and O–H groups in total. The number of nitrogens with one attached hydrogen (secondary N) is 3. The zero-order valence-electron chi connectivity index (χ0n) is 23.9. The fourth-order valence-corrected chi connectivity index (χ4v) is 5.15. The van der Waals surface area contributed by atoms with Gasteiger partial charge in [0.2, 0.25) is 0 Å². The number of amides is 3. The molecule has 43 heavy (non-hydrogen) atoms. The average Bonchev–Trinajstić information content (AvgIpc) is 3.97. The Bertz CT molecular complexity index is 1780. The zero-order chi connectivity index (χ0) is 29.9. The predicted molar refractivity (Wildman–Crippen MR) is 163 cm³/mol. The smallest absolute Gasteiger partial charge is 0.310 e. The third-order valence-electron chi connectivity index (χ3n) is 7.91. The number of pyridine rings is 1. The van der Waals surface area contributed by atoms with Gasteiger partial charge in [-0.1, -0.05) is 60.5 Å². The predicted octanol–water partition coefficient (Wildman–Crippen LogP) is 4.37. The Morgan fingerprint density at radius 2 is 1.63 bits per heavy atom. The molecular formula is C35H32N4O4. The van der Waals surface area contributed by atoms with E-state index in [0.29, 0.717) is 42.0 Å². The molecule has 3 amide bonds. The van der Waals surface area contributed by atoms with Gasteiger partial charge in [0.05, 0.1) is 12.1 Å². The van der Waals surface area contributed by atoms with Crippen molar-refractivity contribution in [1.82, 2.24) is 20.9 Å². The monoisotopic (exact) mass is 572 g/mol. The van der Waals surface area contributed by atoms with E-state index in [1.807, 2.05) is 19.1 Å². The van der Waals surface area contributed by atoms with Crippen LogP contribution in [0.1, 0.15) is 59.8 Å². The molecule has 6 rings (SSSR count). The van der Waals surface area contributed by atoms with E-state index in [0.717, 1.165) is 29.2 Å². The number of hydrogen-bond donors (Lipinski definition) is 3. The lowest BCUT2D eigenvalue weighted by Crippen LogP contribution is -2.45. The first-order valence-electron chi connectivity index (χ1n) is 14.5. The number of rotatable bonds is 8. The standard InChI is InChI=1S/C35H32N4O4/c1-2-43-30-12-7-21-36-29(30)15-16-34(17-18-34)38-33(42)32(41)37-23-26-10-5-6-11-28(26)31(40)39-35(19-20-35)27-14-13-24-8-3-4-9-25(24)22-27/h3-14,21-22H,2,17-20,23H2,1H3,(H,37,41)(H,38,42)(H,39,40). The summed E-state index contributed by atoms with van der Waals surface area (Å²) in [6.45, 7) is 2.40. The molecule has 0 spiro atoms. The van der Waals surface area contributed by atoms with Gasteiger partial charge in [0, 0.05) is 18.3 Å². The second kappa shape index (κ2) is 11.6. The summed E-state index contributed by atoms with van der Waals surface area (Å²) in [6.07, 6.45) is 4.61. The minimum atomic E-state index is -0.786. The summed E-state index contributed by atoms with van der Waals surface area (Å²) in [5.41, 5.74) is 1.47. The molecule has 1 aromatic heterocycles. The number of hydrogen-bond acceptors (Lipinski definition) is 5. The molecule has 2 aliphatic carbocycles. The van der Waals surface area contributed by atoms with Crippen molar-refractivity contribution >= 4 is 28.5 Å². The van der Waals surface area contributed by atoms with Crippen LogP contribution < -0.4 is 20.7 Å². The number of carbonyl (C=O) groups excluding carboxylic acids is 3. The number of benzene rings is 3. The normalized spacial score (nSPS) is 15.4.